The highest BCUT2D eigenvalue weighted by atomic mass is 16.5. The van der Waals surface area contributed by atoms with Gasteiger partial charge in [-0.15, -0.1) is 5.10 Å². The van der Waals surface area contributed by atoms with E-state index in [4.69, 9.17) is 4.74 Å². The third-order valence-corrected chi connectivity index (χ3v) is 4.47. The van der Waals surface area contributed by atoms with Crippen molar-refractivity contribution < 1.29 is 9.53 Å². The number of ether oxygens (including phenoxy) is 1. The van der Waals surface area contributed by atoms with Crippen molar-refractivity contribution in [2.24, 2.45) is 5.92 Å². The molecule has 1 aliphatic rings. The van der Waals surface area contributed by atoms with Crippen molar-refractivity contribution in [2.45, 2.75) is 19.9 Å². The van der Waals surface area contributed by atoms with Crippen LogP contribution in [-0.2, 0) is 4.74 Å². The first-order valence-corrected chi connectivity index (χ1v) is 8.73. The van der Waals surface area contributed by atoms with Gasteiger partial charge in [-0.2, -0.15) is 9.90 Å². The molecule has 1 fully saturated rings. The quantitative estimate of drug-likeness (QED) is 0.857. The topological polar surface area (TPSA) is 72.3 Å². The maximum absolute atomic E-state index is 12.4. The molecule has 134 valence electrons. The van der Waals surface area contributed by atoms with E-state index in [-0.39, 0.29) is 11.9 Å². The number of para-hydroxylation sites is 1. The standard InChI is InChI=1S/C18H25N5O2/c1-14(2)17(22-8-10-25-11-9-22)13-19-18(24)16-12-20-23(21-16)15-6-4-3-5-7-15/h3-7,12,14,17H,8-11,13H2,1-2H3,(H,19,24)/t17-/m1/s1. The third-order valence-electron chi connectivity index (χ3n) is 4.47. The largest absolute Gasteiger partial charge is 0.379 e. The first-order valence-electron chi connectivity index (χ1n) is 8.73. The highest BCUT2D eigenvalue weighted by molar-refractivity contribution is 5.91. The van der Waals surface area contributed by atoms with Gasteiger partial charge >= 0.3 is 0 Å². The fourth-order valence-electron chi connectivity index (χ4n) is 3.04. The van der Waals surface area contributed by atoms with Gasteiger partial charge in [0.1, 0.15) is 0 Å². The predicted octanol–water partition coefficient (Wildman–Crippen LogP) is 1.35. The Hall–Kier alpha value is -2.25. The van der Waals surface area contributed by atoms with Gasteiger partial charge in [0.2, 0.25) is 0 Å². The average Bonchev–Trinajstić information content (AvgIpc) is 3.13. The minimum absolute atomic E-state index is 0.193. The summed E-state index contributed by atoms with van der Waals surface area (Å²) in [6.07, 6.45) is 1.50. The number of aromatic nitrogens is 3. The molecule has 0 saturated carbocycles. The zero-order valence-corrected chi connectivity index (χ0v) is 14.8. The average molecular weight is 343 g/mol. The van der Waals surface area contributed by atoms with E-state index >= 15 is 0 Å². The third kappa shape index (κ3) is 4.43. The van der Waals surface area contributed by atoms with Gasteiger partial charge in [-0.25, -0.2) is 0 Å². The summed E-state index contributed by atoms with van der Waals surface area (Å²) in [7, 11) is 0. The van der Waals surface area contributed by atoms with Crippen LogP contribution in [-0.4, -0.2) is 64.7 Å². The lowest BCUT2D eigenvalue weighted by atomic mass is 10.0. The lowest BCUT2D eigenvalue weighted by Gasteiger charge is -2.36. The number of nitrogens with one attached hydrogen (secondary N) is 1. The van der Waals surface area contributed by atoms with Gasteiger partial charge < -0.3 is 10.1 Å². The summed E-state index contributed by atoms with van der Waals surface area (Å²) in [5.74, 6) is 0.250. The lowest BCUT2D eigenvalue weighted by Crippen LogP contribution is -2.51. The monoisotopic (exact) mass is 343 g/mol. The van der Waals surface area contributed by atoms with E-state index in [0.29, 0.717) is 18.2 Å². The van der Waals surface area contributed by atoms with Gasteiger partial charge in [0.25, 0.3) is 5.91 Å². The van der Waals surface area contributed by atoms with Crippen LogP contribution in [0.5, 0.6) is 0 Å². The lowest BCUT2D eigenvalue weighted by molar-refractivity contribution is 0.00671. The molecule has 0 aliphatic carbocycles. The smallest absolute Gasteiger partial charge is 0.273 e. The number of carbonyl (C=O) groups is 1. The van der Waals surface area contributed by atoms with Gasteiger partial charge in [-0.1, -0.05) is 32.0 Å². The molecule has 0 unspecified atom stereocenters. The molecule has 1 aliphatic heterocycles. The molecule has 1 aromatic heterocycles. The molecule has 0 radical (unpaired) electrons. The molecule has 0 spiro atoms. The Balaban J connectivity index is 1.60. The first-order chi connectivity index (χ1) is 12.1. The number of amides is 1. The number of carbonyl (C=O) groups excluding carboxylic acids is 1. The Morgan fingerprint density at radius 3 is 2.64 bits per heavy atom. The first kappa shape index (κ1) is 17.6. The molecule has 1 N–H and O–H groups in total. The normalized spacial score (nSPS) is 16.8. The number of benzene rings is 1. The second kappa shape index (κ2) is 8.22. The number of nitrogens with zero attached hydrogens (tertiary/aromatic N) is 4. The Morgan fingerprint density at radius 1 is 1.24 bits per heavy atom. The summed E-state index contributed by atoms with van der Waals surface area (Å²) >= 11 is 0. The fourth-order valence-corrected chi connectivity index (χ4v) is 3.04. The molecular formula is C18H25N5O2. The predicted molar refractivity (Wildman–Crippen MR) is 94.7 cm³/mol. The van der Waals surface area contributed by atoms with Crippen molar-refractivity contribution in [2.75, 3.05) is 32.8 Å². The van der Waals surface area contributed by atoms with Gasteiger partial charge in [0, 0.05) is 25.7 Å². The molecule has 1 atom stereocenters. The van der Waals surface area contributed by atoms with Crippen LogP contribution in [0.4, 0.5) is 0 Å². The molecule has 1 aromatic carbocycles. The van der Waals surface area contributed by atoms with Crippen LogP contribution in [0.15, 0.2) is 36.5 Å². The second-order valence-corrected chi connectivity index (χ2v) is 6.52. The highest BCUT2D eigenvalue weighted by Gasteiger charge is 2.24. The van der Waals surface area contributed by atoms with Gasteiger partial charge in [0.05, 0.1) is 25.1 Å². The number of rotatable bonds is 6. The van der Waals surface area contributed by atoms with Crippen molar-refractivity contribution in [3.63, 3.8) is 0 Å². The Morgan fingerprint density at radius 2 is 1.96 bits per heavy atom. The molecule has 25 heavy (non-hydrogen) atoms. The van der Waals surface area contributed by atoms with Crippen molar-refractivity contribution in [1.82, 2.24) is 25.2 Å². The van der Waals surface area contributed by atoms with Crippen LogP contribution >= 0.6 is 0 Å². The zero-order valence-electron chi connectivity index (χ0n) is 14.8. The van der Waals surface area contributed by atoms with Crippen LogP contribution in [0, 0.1) is 5.92 Å². The van der Waals surface area contributed by atoms with Gasteiger partial charge in [-0.3, -0.25) is 9.69 Å². The Bertz CT molecular complexity index is 680. The fraction of sp³-hybridized carbons (Fsp3) is 0.500. The molecule has 7 nitrogen and oxygen atoms in total. The van der Waals surface area contributed by atoms with Crippen LogP contribution in [0.1, 0.15) is 24.3 Å². The van der Waals surface area contributed by atoms with Crippen LogP contribution in [0.25, 0.3) is 5.69 Å². The molecule has 2 aromatic rings. The van der Waals surface area contributed by atoms with Crippen molar-refractivity contribution in [1.29, 1.82) is 0 Å². The van der Waals surface area contributed by atoms with Crippen molar-refractivity contribution in [3.8, 4) is 5.69 Å². The van der Waals surface area contributed by atoms with E-state index in [1.54, 1.807) is 0 Å². The molecule has 1 amide bonds. The summed E-state index contributed by atoms with van der Waals surface area (Å²) in [4.78, 5) is 16.3. The van der Waals surface area contributed by atoms with E-state index in [2.05, 4.69) is 34.3 Å². The van der Waals surface area contributed by atoms with E-state index < -0.39 is 0 Å². The summed E-state index contributed by atoms with van der Waals surface area (Å²) < 4.78 is 5.42. The highest BCUT2D eigenvalue weighted by Crippen LogP contribution is 2.12. The number of morpholine rings is 1. The van der Waals surface area contributed by atoms with Crippen LogP contribution < -0.4 is 5.32 Å². The number of hydrogen-bond acceptors (Lipinski definition) is 5. The van der Waals surface area contributed by atoms with Crippen molar-refractivity contribution >= 4 is 5.91 Å². The SMILES string of the molecule is CC(C)[C@@H](CNC(=O)c1cnn(-c2ccccc2)n1)N1CCOCC1. The minimum atomic E-state index is -0.193. The summed E-state index contributed by atoms with van der Waals surface area (Å²) in [6.45, 7) is 8.27. The van der Waals surface area contributed by atoms with Gasteiger partial charge in [0.15, 0.2) is 5.69 Å². The van der Waals surface area contributed by atoms with E-state index in [1.807, 2.05) is 30.3 Å². The Labute approximate surface area is 148 Å². The minimum Gasteiger partial charge on any atom is -0.379 e. The maximum atomic E-state index is 12.4. The maximum Gasteiger partial charge on any atom is 0.273 e. The molecule has 0 bridgehead atoms. The van der Waals surface area contributed by atoms with Gasteiger partial charge in [-0.05, 0) is 18.1 Å². The van der Waals surface area contributed by atoms with E-state index in [9.17, 15) is 4.79 Å². The van der Waals surface area contributed by atoms with E-state index in [0.717, 1.165) is 32.0 Å². The molecular weight excluding hydrogens is 318 g/mol. The van der Waals surface area contributed by atoms with Crippen LogP contribution in [0.3, 0.4) is 0 Å². The molecule has 3 rings (SSSR count). The van der Waals surface area contributed by atoms with E-state index in [1.165, 1.54) is 11.0 Å². The Kier molecular flexibility index (Phi) is 5.78. The molecule has 7 heteroatoms. The molecule has 1 saturated heterocycles. The van der Waals surface area contributed by atoms with Crippen LogP contribution in [0.2, 0.25) is 0 Å². The summed E-state index contributed by atoms with van der Waals surface area (Å²) in [5, 5.41) is 11.5. The number of hydrogen-bond donors (Lipinski definition) is 1. The second-order valence-electron chi connectivity index (χ2n) is 6.52. The van der Waals surface area contributed by atoms with Crippen molar-refractivity contribution in [3.05, 3.63) is 42.2 Å². The summed E-state index contributed by atoms with van der Waals surface area (Å²) in [6, 6.07) is 9.83. The molecule has 2 heterocycles. The summed E-state index contributed by atoms with van der Waals surface area (Å²) in [5.41, 5.74) is 1.16. The zero-order chi connectivity index (χ0) is 17.6.